The summed E-state index contributed by atoms with van der Waals surface area (Å²) in [6.45, 7) is 3.68. The van der Waals surface area contributed by atoms with E-state index in [4.69, 9.17) is 23.2 Å². The lowest BCUT2D eigenvalue weighted by Crippen LogP contribution is -1.99. The number of rotatable bonds is 4. The highest BCUT2D eigenvalue weighted by Crippen LogP contribution is 2.32. The third-order valence-electron chi connectivity index (χ3n) is 3.88. The van der Waals surface area contributed by atoms with Gasteiger partial charge in [0.2, 0.25) is 0 Å². The fraction of sp³-hybridized carbons (Fsp3) is 0.111. The number of aldehydes is 1. The van der Waals surface area contributed by atoms with Gasteiger partial charge in [-0.1, -0.05) is 23.2 Å². The van der Waals surface area contributed by atoms with Crippen molar-refractivity contribution >= 4 is 40.1 Å². The van der Waals surface area contributed by atoms with E-state index in [0.717, 1.165) is 11.4 Å². The largest absolute Gasteiger partial charge is 0.301 e. The lowest BCUT2D eigenvalue weighted by molar-refractivity contribution is -0.103. The molecule has 0 aliphatic rings. The summed E-state index contributed by atoms with van der Waals surface area (Å²) >= 11 is 12.1. The molecule has 0 bridgehead atoms. The van der Waals surface area contributed by atoms with Gasteiger partial charge in [0, 0.05) is 28.7 Å². The van der Waals surface area contributed by atoms with Crippen LogP contribution in [0.3, 0.4) is 0 Å². The van der Waals surface area contributed by atoms with E-state index in [1.807, 2.05) is 19.1 Å². The zero-order valence-corrected chi connectivity index (χ0v) is 15.4. The highest BCUT2D eigenvalue weighted by molar-refractivity contribution is 6.55. The first-order valence-electron chi connectivity index (χ1n) is 7.56. The number of aryl methyl sites for hydroxylation is 1. The second-order valence-corrected chi connectivity index (χ2v) is 6.25. The van der Waals surface area contributed by atoms with Gasteiger partial charge in [0.15, 0.2) is 17.3 Å². The molecule has 0 amide bonds. The number of pyridine rings is 2. The molecule has 132 valence electrons. The number of hydrogen-bond donors (Lipinski definition) is 0. The molecule has 3 aromatic heterocycles. The third-order valence-corrected chi connectivity index (χ3v) is 4.53. The van der Waals surface area contributed by atoms with Crippen LogP contribution in [-0.2, 0) is 4.79 Å². The summed E-state index contributed by atoms with van der Waals surface area (Å²) in [4.78, 5) is 23.8. The van der Waals surface area contributed by atoms with Gasteiger partial charge < -0.3 is 4.57 Å². The molecule has 0 saturated heterocycles. The van der Waals surface area contributed by atoms with Gasteiger partial charge >= 0.3 is 0 Å². The summed E-state index contributed by atoms with van der Waals surface area (Å²) in [7, 11) is 0. The third kappa shape index (κ3) is 3.25. The van der Waals surface area contributed by atoms with Crippen molar-refractivity contribution in [2.75, 3.05) is 0 Å². The molecule has 0 unspecified atom stereocenters. The van der Waals surface area contributed by atoms with Crippen molar-refractivity contribution in [3.8, 4) is 5.69 Å². The molecule has 26 heavy (non-hydrogen) atoms. The summed E-state index contributed by atoms with van der Waals surface area (Å²) in [5, 5.41) is -0.309. The van der Waals surface area contributed by atoms with Gasteiger partial charge in [-0.2, -0.15) is 0 Å². The Morgan fingerprint density at radius 2 is 1.96 bits per heavy atom. The van der Waals surface area contributed by atoms with Gasteiger partial charge in [-0.05, 0) is 32.0 Å². The SMILES string of the molecule is Cc1ccc(-n2cnc(/C(Cl)=C(\C=O)c3ccnc(Cl)c3F)c2C)cn1. The molecule has 8 heteroatoms. The summed E-state index contributed by atoms with van der Waals surface area (Å²) < 4.78 is 16.0. The van der Waals surface area contributed by atoms with Crippen LogP contribution in [0, 0.1) is 19.7 Å². The lowest BCUT2D eigenvalue weighted by Gasteiger charge is -2.08. The van der Waals surface area contributed by atoms with Crippen LogP contribution >= 0.6 is 23.2 Å². The summed E-state index contributed by atoms with van der Waals surface area (Å²) in [5.41, 5.74) is 2.64. The molecular weight excluding hydrogens is 378 g/mol. The molecule has 3 aromatic rings. The molecular formula is C18H13Cl2FN4O. The number of hydrogen-bond acceptors (Lipinski definition) is 4. The van der Waals surface area contributed by atoms with Crippen molar-refractivity contribution in [1.29, 1.82) is 0 Å². The van der Waals surface area contributed by atoms with Crippen LogP contribution < -0.4 is 0 Å². The Bertz CT molecular complexity index is 1010. The molecule has 5 nitrogen and oxygen atoms in total. The zero-order valence-electron chi connectivity index (χ0n) is 13.9. The molecule has 0 fully saturated rings. The molecule has 0 atom stereocenters. The van der Waals surface area contributed by atoms with E-state index in [1.54, 1.807) is 24.0 Å². The van der Waals surface area contributed by atoms with Crippen molar-refractivity contribution < 1.29 is 9.18 Å². The van der Waals surface area contributed by atoms with Crippen molar-refractivity contribution in [3.05, 3.63) is 70.5 Å². The minimum atomic E-state index is -0.811. The Hall–Kier alpha value is -2.57. The maximum Gasteiger partial charge on any atom is 0.168 e. The van der Waals surface area contributed by atoms with Crippen LogP contribution in [0.4, 0.5) is 4.39 Å². The number of halogens is 3. The zero-order chi connectivity index (χ0) is 18.8. The highest BCUT2D eigenvalue weighted by atomic mass is 35.5. The first kappa shape index (κ1) is 18.2. The Kier molecular flexibility index (Phi) is 5.15. The van der Waals surface area contributed by atoms with Crippen LogP contribution in [0.15, 0.2) is 36.9 Å². The summed E-state index contributed by atoms with van der Waals surface area (Å²) in [6, 6.07) is 5.10. The van der Waals surface area contributed by atoms with Crippen molar-refractivity contribution in [2.45, 2.75) is 13.8 Å². The molecule has 0 aliphatic carbocycles. The first-order chi connectivity index (χ1) is 12.4. The molecule has 3 heterocycles. The molecule has 0 radical (unpaired) electrons. The first-order valence-corrected chi connectivity index (χ1v) is 8.32. The van der Waals surface area contributed by atoms with Crippen molar-refractivity contribution in [2.24, 2.45) is 0 Å². The smallest absolute Gasteiger partial charge is 0.168 e. The van der Waals surface area contributed by atoms with Crippen molar-refractivity contribution in [3.63, 3.8) is 0 Å². The van der Waals surface area contributed by atoms with Gasteiger partial charge in [0.25, 0.3) is 0 Å². The Labute approximate surface area is 159 Å². The topological polar surface area (TPSA) is 60.7 Å². The lowest BCUT2D eigenvalue weighted by atomic mass is 10.1. The van der Waals surface area contributed by atoms with E-state index in [9.17, 15) is 9.18 Å². The molecule has 0 N–H and O–H groups in total. The molecule has 0 spiro atoms. The van der Waals surface area contributed by atoms with E-state index in [0.29, 0.717) is 17.7 Å². The average Bonchev–Trinajstić information content (AvgIpc) is 3.01. The number of carbonyl (C=O) groups excluding carboxylic acids is 1. The van der Waals surface area contributed by atoms with Crippen LogP contribution in [0.5, 0.6) is 0 Å². The number of imidazole rings is 1. The van der Waals surface area contributed by atoms with Crippen molar-refractivity contribution in [1.82, 2.24) is 19.5 Å². The molecule has 0 aliphatic heterocycles. The van der Waals surface area contributed by atoms with E-state index in [2.05, 4.69) is 15.0 Å². The van der Waals surface area contributed by atoms with E-state index in [1.165, 1.54) is 12.3 Å². The normalized spacial score (nSPS) is 12.0. The minimum absolute atomic E-state index is 0.0255. The second kappa shape index (κ2) is 7.35. The van der Waals surface area contributed by atoms with E-state index < -0.39 is 5.82 Å². The predicted octanol–water partition coefficient (Wildman–Crippen LogP) is 4.38. The predicted molar refractivity (Wildman–Crippen MR) is 98.8 cm³/mol. The van der Waals surface area contributed by atoms with Gasteiger partial charge in [-0.25, -0.2) is 14.4 Å². The minimum Gasteiger partial charge on any atom is -0.301 e. The van der Waals surface area contributed by atoms with E-state index >= 15 is 0 Å². The number of carbonyl (C=O) groups is 1. The Morgan fingerprint density at radius 3 is 2.62 bits per heavy atom. The Balaban J connectivity index is 2.13. The number of aromatic nitrogens is 4. The maximum atomic E-state index is 14.2. The fourth-order valence-electron chi connectivity index (χ4n) is 2.48. The van der Waals surface area contributed by atoms with Crippen LogP contribution in [0.2, 0.25) is 5.15 Å². The highest BCUT2D eigenvalue weighted by Gasteiger charge is 2.19. The number of nitrogens with zero attached hydrogens (tertiary/aromatic N) is 4. The van der Waals surface area contributed by atoms with Crippen LogP contribution in [-0.4, -0.2) is 25.8 Å². The molecule has 0 aromatic carbocycles. The fourth-order valence-corrected chi connectivity index (χ4v) is 2.97. The Morgan fingerprint density at radius 1 is 1.19 bits per heavy atom. The molecule has 3 rings (SSSR count). The van der Waals surface area contributed by atoms with Gasteiger partial charge in [0.1, 0.15) is 12.0 Å². The second-order valence-electron chi connectivity index (χ2n) is 5.52. The standard InChI is InChI=1S/C18H13Cl2FN4O/c1-10-3-4-12(7-23-10)25-9-24-17(11(25)2)15(19)14(8-26)13-5-6-22-18(20)16(13)21/h3-9H,1-2H3/b15-14-. The monoisotopic (exact) mass is 390 g/mol. The quantitative estimate of drug-likeness (QED) is 0.376. The maximum absolute atomic E-state index is 14.2. The molecule has 0 saturated carbocycles. The summed E-state index contributed by atoms with van der Waals surface area (Å²) in [6.07, 6.45) is 5.05. The van der Waals surface area contributed by atoms with Crippen LogP contribution in [0.1, 0.15) is 22.6 Å². The van der Waals surface area contributed by atoms with Gasteiger partial charge in [-0.15, -0.1) is 0 Å². The van der Waals surface area contributed by atoms with E-state index in [-0.39, 0.29) is 21.3 Å². The average molecular weight is 391 g/mol. The number of allylic oxidation sites excluding steroid dienone is 1. The van der Waals surface area contributed by atoms with Gasteiger partial charge in [-0.3, -0.25) is 9.78 Å². The summed E-state index contributed by atoms with van der Waals surface area (Å²) in [5.74, 6) is -0.811. The van der Waals surface area contributed by atoms with Crippen LogP contribution in [0.25, 0.3) is 16.3 Å². The van der Waals surface area contributed by atoms with Gasteiger partial charge in [0.05, 0.1) is 16.9 Å².